The lowest BCUT2D eigenvalue weighted by Gasteiger charge is -2.18. The molecule has 1 aromatic carbocycles. The maximum Gasteiger partial charge on any atom is 0.240 e. The summed E-state index contributed by atoms with van der Waals surface area (Å²) in [6, 6.07) is 6.66. The summed E-state index contributed by atoms with van der Waals surface area (Å²) in [6.07, 6.45) is 3.42. The highest BCUT2D eigenvalue weighted by atomic mass is 32.2. The number of sulfonamides is 1. The minimum atomic E-state index is -3.65. The Labute approximate surface area is 147 Å². The van der Waals surface area contributed by atoms with Crippen LogP contribution in [0.4, 0.5) is 5.69 Å². The van der Waals surface area contributed by atoms with E-state index in [4.69, 9.17) is 0 Å². The largest absolute Gasteiger partial charge is 0.312 e. The highest BCUT2D eigenvalue weighted by Gasteiger charge is 2.43. The van der Waals surface area contributed by atoms with Crippen molar-refractivity contribution in [3.63, 3.8) is 0 Å². The van der Waals surface area contributed by atoms with E-state index in [0.29, 0.717) is 13.1 Å². The first-order chi connectivity index (χ1) is 11.8. The van der Waals surface area contributed by atoms with Crippen molar-refractivity contribution in [2.75, 3.05) is 18.0 Å². The van der Waals surface area contributed by atoms with E-state index in [1.54, 1.807) is 46.2 Å². The molecule has 0 bridgehead atoms. The summed E-state index contributed by atoms with van der Waals surface area (Å²) in [5.74, 6) is -0.00816. The first-order valence-corrected chi connectivity index (χ1v) is 9.69. The number of anilines is 1. The summed E-state index contributed by atoms with van der Waals surface area (Å²) in [4.78, 5) is 14.4. The molecule has 0 aliphatic carbocycles. The molecule has 7 nitrogen and oxygen atoms in total. The molecule has 8 heteroatoms. The number of carbonyl (C=O) groups excluding carboxylic acids is 1. The van der Waals surface area contributed by atoms with Crippen molar-refractivity contribution in [2.24, 2.45) is 0 Å². The van der Waals surface area contributed by atoms with Gasteiger partial charge in [-0.3, -0.25) is 9.48 Å². The molecule has 1 amide bonds. The maximum atomic E-state index is 12.6. The van der Waals surface area contributed by atoms with Gasteiger partial charge in [0.1, 0.15) is 0 Å². The van der Waals surface area contributed by atoms with Gasteiger partial charge in [-0.15, -0.1) is 0 Å². The third-order valence-corrected chi connectivity index (χ3v) is 5.99. The molecule has 1 N–H and O–H groups in total. The Morgan fingerprint density at radius 2 is 2.04 bits per heavy atom. The molecule has 2 aromatic rings. The summed E-state index contributed by atoms with van der Waals surface area (Å²) in [5.41, 5.74) is 0.800. The summed E-state index contributed by atoms with van der Waals surface area (Å²) in [7, 11) is -3.65. The Morgan fingerprint density at radius 1 is 1.28 bits per heavy atom. The Kier molecular flexibility index (Phi) is 4.42. The molecule has 25 heavy (non-hydrogen) atoms. The Morgan fingerprint density at radius 3 is 2.68 bits per heavy atom. The second kappa shape index (κ2) is 6.27. The third kappa shape index (κ3) is 3.07. The monoisotopic (exact) mass is 362 g/mol. The van der Waals surface area contributed by atoms with Crippen LogP contribution in [0, 0.1) is 0 Å². The Balaban J connectivity index is 1.84. The van der Waals surface area contributed by atoms with E-state index >= 15 is 0 Å². The molecule has 0 spiro atoms. The van der Waals surface area contributed by atoms with E-state index in [1.165, 1.54) is 0 Å². The number of hydrogen-bond donors (Lipinski definition) is 1. The molecule has 134 valence electrons. The zero-order chi connectivity index (χ0) is 18.2. The number of nitrogens with one attached hydrogen (secondary N) is 1. The van der Waals surface area contributed by atoms with Gasteiger partial charge in [0.25, 0.3) is 0 Å². The van der Waals surface area contributed by atoms with E-state index in [2.05, 4.69) is 9.82 Å². The zero-order valence-electron chi connectivity index (χ0n) is 14.6. The molecule has 3 rings (SSSR count). The zero-order valence-corrected chi connectivity index (χ0v) is 15.4. The molecule has 0 saturated heterocycles. The Bertz CT molecular complexity index is 889. The van der Waals surface area contributed by atoms with Crippen molar-refractivity contribution in [2.45, 2.75) is 37.6 Å². The van der Waals surface area contributed by atoms with Crippen LogP contribution in [0.15, 0.2) is 41.6 Å². The predicted molar refractivity (Wildman–Crippen MR) is 94.9 cm³/mol. The van der Waals surface area contributed by atoms with E-state index in [-0.39, 0.29) is 17.3 Å². The molecule has 0 unspecified atom stereocenters. The first kappa shape index (κ1) is 17.6. The molecule has 1 aliphatic heterocycles. The summed E-state index contributed by atoms with van der Waals surface area (Å²) in [5, 5.41) is 4.04. The Hall–Kier alpha value is -2.19. The fraction of sp³-hybridized carbons (Fsp3) is 0.412. The minimum Gasteiger partial charge on any atom is -0.312 e. The predicted octanol–water partition coefficient (Wildman–Crippen LogP) is 1.51. The second-order valence-corrected chi connectivity index (χ2v) is 8.29. The number of hydrogen-bond acceptors (Lipinski definition) is 4. The van der Waals surface area contributed by atoms with Gasteiger partial charge in [-0.1, -0.05) is 0 Å². The lowest BCUT2D eigenvalue weighted by molar-refractivity contribution is -0.122. The van der Waals surface area contributed by atoms with Crippen molar-refractivity contribution in [3.8, 4) is 0 Å². The van der Waals surface area contributed by atoms with E-state index in [1.807, 2.05) is 20.8 Å². The van der Waals surface area contributed by atoms with Gasteiger partial charge in [-0.05, 0) is 50.6 Å². The summed E-state index contributed by atoms with van der Waals surface area (Å²) < 4.78 is 29.4. The average Bonchev–Trinajstić information content (AvgIpc) is 3.14. The maximum absolute atomic E-state index is 12.6. The van der Waals surface area contributed by atoms with E-state index in [9.17, 15) is 13.2 Å². The van der Waals surface area contributed by atoms with Gasteiger partial charge in [-0.2, -0.15) is 5.10 Å². The number of aromatic nitrogens is 2. The van der Waals surface area contributed by atoms with Gasteiger partial charge in [-0.25, -0.2) is 13.1 Å². The van der Waals surface area contributed by atoms with E-state index < -0.39 is 15.4 Å². The van der Waals surface area contributed by atoms with Crippen LogP contribution in [0.3, 0.4) is 0 Å². The number of nitrogens with zero attached hydrogens (tertiary/aromatic N) is 3. The summed E-state index contributed by atoms with van der Waals surface area (Å²) >= 11 is 0. The molecule has 0 fully saturated rings. The molecule has 2 heterocycles. The lowest BCUT2D eigenvalue weighted by atomic mass is 9.86. The van der Waals surface area contributed by atoms with Crippen molar-refractivity contribution < 1.29 is 13.2 Å². The van der Waals surface area contributed by atoms with Crippen LogP contribution in [-0.4, -0.2) is 37.2 Å². The first-order valence-electron chi connectivity index (χ1n) is 8.21. The van der Waals surface area contributed by atoms with Crippen LogP contribution < -0.4 is 9.62 Å². The quantitative estimate of drug-likeness (QED) is 0.844. The van der Waals surface area contributed by atoms with E-state index in [0.717, 1.165) is 11.3 Å². The number of fused-ring (bicyclic) bond motifs is 1. The van der Waals surface area contributed by atoms with Crippen LogP contribution >= 0.6 is 0 Å². The van der Waals surface area contributed by atoms with Crippen molar-refractivity contribution in [3.05, 3.63) is 42.2 Å². The molecule has 1 aromatic heterocycles. The third-order valence-electron chi connectivity index (χ3n) is 4.53. The number of rotatable bonds is 6. The molecule has 0 radical (unpaired) electrons. The number of carbonyl (C=O) groups is 1. The SMILES string of the molecule is CCN1C(=O)C(C)(C)c2cc(S(=O)(=O)NCCn3cccn3)ccc21. The molecule has 0 saturated carbocycles. The molecular weight excluding hydrogens is 340 g/mol. The topological polar surface area (TPSA) is 84.3 Å². The number of amides is 1. The van der Waals surface area contributed by atoms with Gasteiger partial charge in [0, 0.05) is 31.2 Å². The van der Waals surface area contributed by atoms with Crippen LogP contribution in [0.2, 0.25) is 0 Å². The highest BCUT2D eigenvalue weighted by molar-refractivity contribution is 7.89. The normalized spacial score (nSPS) is 16.3. The van der Waals surface area contributed by atoms with Crippen LogP contribution in [0.5, 0.6) is 0 Å². The smallest absolute Gasteiger partial charge is 0.240 e. The fourth-order valence-electron chi connectivity index (χ4n) is 3.10. The van der Waals surface area contributed by atoms with Crippen molar-refractivity contribution in [1.82, 2.24) is 14.5 Å². The van der Waals surface area contributed by atoms with Gasteiger partial charge in [0.15, 0.2) is 0 Å². The minimum absolute atomic E-state index is 0.00816. The summed E-state index contributed by atoms with van der Waals surface area (Å²) in [6.45, 7) is 6.81. The highest BCUT2D eigenvalue weighted by Crippen LogP contribution is 2.42. The number of likely N-dealkylation sites (N-methyl/N-ethyl adjacent to an activating group) is 1. The number of benzene rings is 1. The van der Waals surface area contributed by atoms with Gasteiger partial charge in [0.05, 0.1) is 16.9 Å². The molecular formula is C17H22N4O3S. The standard InChI is InChI=1S/C17H22N4O3S/c1-4-21-15-7-6-13(12-14(15)17(2,3)16(21)22)25(23,24)19-9-11-20-10-5-8-18-20/h5-8,10,12,19H,4,9,11H2,1-3H3. The van der Waals surface area contributed by atoms with Crippen molar-refractivity contribution in [1.29, 1.82) is 0 Å². The van der Waals surface area contributed by atoms with Crippen LogP contribution in [-0.2, 0) is 26.8 Å². The second-order valence-electron chi connectivity index (χ2n) is 6.52. The van der Waals surface area contributed by atoms with Gasteiger partial charge in [0.2, 0.25) is 15.9 Å². The lowest BCUT2D eigenvalue weighted by Crippen LogP contribution is -2.35. The van der Waals surface area contributed by atoms with Crippen LogP contribution in [0.1, 0.15) is 26.3 Å². The van der Waals surface area contributed by atoms with Gasteiger partial charge >= 0.3 is 0 Å². The van der Waals surface area contributed by atoms with Crippen LogP contribution in [0.25, 0.3) is 0 Å². The molecule has 1 aliphatic rings. The average molecular weight is 362 g/mol. The van der Waals surface area contributed by atoms with Gasteiger partial charge < -0.3 is 4.90 Å². The fourth-order valence-corrected chi connectivity index (χ4v) is 4.15. The molecule has 0 atom stereocenters. The van der Waals surface area contributed by atoms with Crippen molar-refractivity contribution >= 4 is 21.6 Å².